The van der Waals surface area contributed by atoms with Crippen molar-refractivity contribution in [2.24, 2.45) is 0 Å². The molecule has 0 bridgehead atoms. The van der Waals surface area contributed by atoms with E-state index in [1.807, 2.05) is 13.8 Å². The first-order valence-corrected chi connectivity index (χ1v) is 6.90. The van der Waals surface area contributed by atoms with Crippen LogP contribution < -0.4 is 0 Å². The van der Waals surface area contributed by atoms with Gasteiger partial charge in [0.05, 0.1) is 11.3 Å². The monoisotopic (exact) mass is 284 g/mol. The first-order valence-electron chi connectivity index (χ1n) is 6.12. The van der Waals surface area contributed by atoms with Crippen molar-refractivity contribution in [1.82, 2.24) is 9.36 Å². The summed E-state index contributed by atoms with van der Waals surface area (Å²) < 4.78 is 4.22. The van der Waals surface area contributed by atoms with Crippen LogP contribution in [0.5, 0.6) is 5.75 Å². The van der Waals surface area contributed by atoms with Gasteiger partial charge in [-0.15, -0.1) is 0 Å². The van der Waals surface area contributed by atoms with Gasteiger partial charge in [-0.25, -0.2) is 4.98 Å². The Morgan fingerprint density at radius 3 is 2.85 bits per heavy atom. The fourth-order valence-corrected chi connectivity index (χ4v) is 2.78. The maximum Gasteiger partial charge on any atom is 0.198 e. The van der Waals surface area contributed by atoms with Crippen molar-refractivity contribution < 1.29 is 9.90 Å². The van der Waals surface area contributed by atoms with Crippen molar-refractivity contribution >= 4 is 27.5 Å². The second-order valence-corrected chi connectivity index (χ2v) is 5.45. The molecule has 20 heavy (non-hydrogen) atoms. The minimum atomic E-state index is -0.230. The molecule has 4 nitrogen and oxygen atoms in total. The molecule has 0 saturated heterocycles. The lowest BCUT2D eigenvalue weighted by atomic mass is 10.0. The summed E-state index contributed by atoms with van der Waals surface area (Å²) >= 11 is 1.31. The van der Waals surface area contributed by atoms with Gasteiger partial charge in [-0.2, -0.15) is 4.37 Å². The first kappa shape index (κ1) is 12.7. The van der Waals surface area contributed by atoms with Gasteiger partial charge in [0.15, 0.2) is 5.78 Å². The van der Waals surface area contributed by atoms with Gasteiger partial charge in [-0.1, -0.05) is 11.6 Å². The highest BCUT2D eigenvalue weighted by Gasteiger charge is 2.16. The number of carbonyl (C=O) groups excluding carboxylic acids is 1. The number of pyridine rings is 1. The lowest BCUT2D eigenvalue weighted by Crippen LogP contribution is -2.02. The van der Waals surface area contributed by atoms with Crippen LogP contribution in [0.3, 0.4) is 0 Å². The summed E-state index contributed by atoms with van der Waals surface area (Å²) in [6, 6.07) is 6.76. The summed E-state index contributed by atoms with van der Waals surface area (Å²) in [6.07, 6.45) is 1.53. The van der Waals surface area contributed by atoms with Crippen LogP contribution in [0, 0.1) is 13.8 Å². The smallest absolute Gasteiger partial charge is 0.198 e. The number of hydrogen-bond donors (Lipinski definition) is 1. The van der Waals surface area contributed by atoms with E-state index in [1.54, 1.807) is 18.2 Å². The average molecular weight is 284 g/mol. The number of benzene rings is 1. The Bertz CT molecular complexity index is 824. The number of ketones is 1. The number of rotatable bonds is 2. The van der Waals surface area contributed by atoms with Gasteiger partial charge in [-0.05, 0) is 43.6 Å². The summed E-state index contributed by atoms with van der Waals surface area (Å²) in [6.45, 7) is 3.77. The summed E-state index contributed by atoms with van der Waals surface area (Å²) in [5, 5.41) is 10.7. The summed E-state index contributed by atoms with van der Waals surface area (Å²) in [5.74, 6) is -0.243. The lowest BCUT2D eigenvalue weighted by Gasteiger charge is -2.05. The van der Waals surface area contributed by atoms with Gasteiger partial charge in [-0.3, -0.25) is 4.79 Å². The van der Waals surface area contributed by atoms with Crippen LogP contribution >= 0.6 is 11.5 Å². The van der Waals surface area contributed by atoms with Crippen molar-refractivity contribution in [1.29, 1.82) is 0 Å². The second-order valence-electron chi connectivity index (χ2n) is 4.69. The molecule has 0 aliphatic heterocycles. The first-order chi connectivity index (χ1) is 9.56. The minimum Gasteiger partial charge on any atom is -0.507 e. The summed E-state index contributed by atoms with van der Waals surface area (Å²) in [7, 11) is 0. The second kappa shape index (κ2) is 4.68. The summed E-state index contributed by atoms with van der Waals surface area (Å²) in [4.78, 5) is 17.5. The van der Waals surface area contributed by atoms with Crippen LogP contribution in [0.25, 0.3) is 10.2 Å². The number of aryl methyl sites for hydroxylation is 2. The minimum absolute atomic E-state index is 0.0131. The van der Waals surface area contributed by atoms with E-state index in [2.05, 4.69) is 9.36 Å². The number of hydrogen-bond acceptors (Lipinski definition) is 5. The molecule has 0 amide bonds. The number of aromatic nitrogens is 2. The molecule has 3 rings (SSSR count). The molecule has 0 atom stereocenters. The molecule has 0 aliphatic carbocycles. The van der Waals surface area contributed by atoms with Crippen LogP contribution in [0.15, 0.2) is 30.5 Å². The highest BCUT2D eigenvalue weighted by atomic mass is 32.1. The molecule has 2 aromatic heterocycles. The molecule has 3 aromatic rings. The molecule has 2 heterocycles. The number of carbonyl (C=O) groups is 1. The molecule has 0 unspecified atom stereocenters. The van der Waals surface area contributed by atoms with Gasteiger partial charge in [0.1, 0.15) is 10.6 Å². The molecule has 1 N–H and O–H groups in total. The molecule has 0 fully saturated rings. The van der Waals surface area contributed by atoms with E-state index in [-0.39, 0.29) is 11.5 Å². The van der Waals surface area contributed by atoms with E-state index in [0.717, 1.165) is 21.5 Å². The normalized spacial score (nSPS) is 10.9. The molecule has 100 valence electrons. The van der Waals surface area contributed by atoms with E-state index in [0.29, 0.717) is 11.1 Å². The van der Waals surface area contributed by atoms with Crippen LogP contribution in [-0.2, 0) is 0 Å². The Kier molecular flexibility index (Phi) is 2.99. The number of phenols is 1. The Hall–Kier alpha value is -2.27. The van der Waals surface area contributed by atoms with Crippen molar-refractivity contribution in [3.8, 4) is 5.75 Å². The Morgan fingerprint density at radius 1 is 1.25 bits per heavy atom. The SMILES string of the molecule is Cc1ccc(O)c(C(=O)c2cnc3snc(C)c3c2)c1. The van der Waals surface area contributed by atoms with Crippen molar-refractivity contribution in [2.75, 3.05) is 0 Å². The van der Waals surface area contributed by atoms with E-state index in [9.17, 15) is 9.90 Å². The predicted molar refractivity (Wildman–Crippen MR) is 78.4 cm³/mol. The lowest BCUT2D eigenvalue weighted by molar-refractivity contribution is 0.103. The van der Waals surface area contributed by atoms with E-state index in [1.165, 1.54) is 23.8 Å². The highest BCUT2D eigenvalue weighted by molar-refractivity contribution is 7.12. The highest BCUT2D eigenvalue weighted by Crippen LogP contribution is 2.25. The molecule has 0 radical (unpaired) electrons. The fraction of sp³-hybridized carbons (Fsp3) is 0.133. The predicted octanol–water partition coefficient (Wildman–Crippen LogP) is 3.24. The number of aromatic hydroxyl groups is 1. The zero-order chi connectivity index (χ0) is 14.3. The maximum absolute atomic E-state index is 12.5. The standard InChI is InChI=1S/C15H12N2O2S/c1-8-3-4-13(18)12(5-8)14(19)10-6-11-9(2)17-20-15(11)16-7-10/h3-7,18H,1-2H3. The quantitative estimate of drug-likeness (QED) is 0.734. The Balaban J connectivity index is 2.12. The number of nitrogens with zero attached hydrogens (tertiary/aromatic N) is 2. The summed E-state index contributed by atoms with van der Waals surface area (Å²) in [5.41, 5.74) is 2.54. The third kappa shape index (κ3) is 2.06. The van der Waals surface area contributed by atoms with Gasteiger partial charge in [0.2, 0.25) is 0 Å². The number of phenolic OH excluding ortho intramolecular Hbond substituents is 1. The fourth-order valence-electron chi connectivity index (χ4n) is 2.06. The van der Waals surface area contributed by atoms with Crippen molar-refractivity contribution in [3.63, 3.8) is 0 Å². The van der Waals surface area contributed by atoms with E-state index >= 15 is 0 Å². The molecular weight excluding hydrogens is 272 g/mol. The zero-order valence-electron chi connectivity index (χ0n) is 11.0. The molecular formula is C15H12N2O2S. The van der Waals surface area contributed by atoms with Crippen LogP contribution in [0.1, 0.15) is 27.2 Å². The Labute approximate surface area is 119 Å². The largest absolute Gasteiger partial charge is 0.507 e. The van der Waals surface area contributed by atoms with Gasteiger partial charge in [0.25, 0.3) is 0 Å². The van der Waals surface area contributed by atoms with Crippen molar-refractivity contribution in [2.45, 2.75) is 13.8 Å². The third-order valence-corrected chi connectivity index (χ3v) is 4.03. The van der Waals surface area contributed by atoms with Crippen LogP contribution in [0.2, 0.25) is 0 Å². The molecule has 1 aromatic carbocycles. The molecule has 0 saturated carbocycles. The van der Waals surface area contributed by atoms with Crippen LogP contribution in [-0.4, -0.2) is 20.2 Å². The van der Waals surface area contributed by atoms with Gasteiger partial charge in [0, 0.05) is 17.1 Å². The Morgan fingerprint density at radius 2 is 2.05 bits per heavy atom. The molecule has 0 spiro atoms. The molecule has 5 heteroatoms. The van der Waals surface area contributed by atoms with E-state index in [4.69, 9.17) is 0 Å². The third-order valence-electron chi connectivity index (χ3n) is 3.17. The maximum atomic E-state index is 12.5. The average Bonchev–Trinajstić information content (AvgIpc) is 2.82. The zero-order valence-corrected chi connectivity index (χ0v) is 11.9. The van der Waals surface area contributed by atoms with E-state index < -0.39 is 0 Å². The molecule has 0 aliphatic rings. The van der Waals surface area contributed by atoms with Gasteiger partial charge >= 0.3 is 0 Å². The van der Waals surface area contributed by atoms with Crippen LogP contribution in [0.4, 0.5) is 0 Å². The topological polar surface area (TPSA) is 63.1 Å². The van der Waals surface area contributed by atoms with Crippen molar-refractivity contribution in [3.05, 3.63) is 52.8 Å². The number of fused-ring (bicyclic) bond motifs is 1. The van der Waals surface area contributed by atoms with Gasteiger partial charge < -0.3 is 5.11 Å².